The third kappa shape index (κ3) is 7.01. The second-order valence-electron chi connectivity index (χ2n) is 8.00. The Bertz CT molecular complexity index is 1450. The number of pyridine rings is 1. The van der Waals surface area contributed by atoms with Gasteiger partial charge in [-0.15, -0.1) is 0 Å². The smallest absolute Gasteiger partial charge is 0.475 e. The second kappa shape index (κ2) is 10.9. The highest BCUT2D eigenvalue weighted by Gasteiger charge is 2.38. The highest BCUT2D eigenvalue weighted by Crippen LogP contribution is 2.21. The van der Waals surface area contributed by atoms with E-state index in [1.54, 1.807) is 53.6 Å². The van der Waals surface area contributed by atoms with Crippen molar-refractivity contribution in [3.63, 3.8) is 0 Å². The predicted molar refractivity (Wildman–Crippen MR) is 127 cm³/mol. The standard InChI is InChI=1S/C21H21N5O3S.C2HF3O2/c22-20(23)16-4-1-3-14(11-16)13-26-10-8-19(21(26)27)25-30(28,29)17-6-7-18-15(12-17)5-2-9-24-18;3-2(4,5)1(6)7/h1-7,9,11-12,19,25H,8,10,13H2,(H3,22,23);(H,6,7)/t19-;/m0./s1. The number of nitrogens with zero attached hydrogens (tertiary/aromatic N) is 2. The van der Waals surface area contributed by atoms with E-state index in [1.165, 1.54) is 6.07 Å². The molecule has 10 nitrogen and oxygen atoms in total. The molecule has 1 amide bonds. The molecule has 1 aromatic heterocycles. The average Bonchev–Trinajstić information content (AvgIpc) is 3.17. The largest absolute Gasteiger partial charge is 0.490 e. The molecule has 1 saturated heterocycles. The van der Waals surface area contributed by atoms with Gasteiger partial charge in [0.25, 0.3) is 0 Å². The fourth-order valence-corrected chi connectivity index (χ4v) is 4.80. The lowest BCUT2D eigenvalue weighted by Gasteiger charge is -2.18. The summed E-state index contributed by atoms with van der Waals surface area (Å²) < 4.78 is 59.9. The van der Waals surface area contributed by atoms with Crippen molar-refractivity contribution in [2.24, 2.45) is 5.73 Å². The third-order valence-electron chi connectivity index (χ3n) is 5.33. The van der Waals surface area contributed by atoms with E-state index in [-0.39, 0.29) is 16.6 Å². The summed E-state index contributed by atoms with van der Waals surface area (Å²) >= 11 is 0. The molecule has 1 fully saturated rings. The number of sulfonamides is 1. The number of aliphatic carboxylic acids is 1. The lowest BCUT2D eigenvalue weighted by Crippen LogP contribution is -2.41. The van der Waals surface area contributed by atoms with Crippen molar-refractivity contribution in [2.75, 3.05) is 6.54 Å². The molecule has 4 rings (SSSR count). The summed E-state index contributed by atoms with van der Waals surface area (Å²) in [5.41, 5.74) is 7.64. The number of carbonyl (C=O) groups excluding carboxylic acids is 1. The topological polar surface area (TPSA) is 167 Å². The molecule has 0 spiro atoms. The number of nitrogens with two attached hydrogens (primary N) is 1. The Morgan fingerprint density at radius 3 is 2.54 bits per heavy atom. The molecule has 0 aliphatic carbocycles. The van der Waals surface area contributed by atoms with Crippen LogP contribution >= 0.6 is 0 Å². The van der Waals surface area contributed by atoms with Crippen molar-refractivity contribution in [1.82, 2.24) is 14.6 Å². The predicted octanol–water partition coefficient (Wildman–Crippen LogP) is 2.23. The number of halogens is 3. The van der Waals surface area contributed by atoms with Crippen molar-refractivity contribution in [2.45, 2.75) is 30.1 Å². The van der Waals surface area contributed by atoms with Crippen LogP contribution in [-0.4, -0.2) is 59.9 Å². The SMILES string of the molecule is N=C(N)c1cccc(CN2CC[C@H](NS(=O)(=O)c3ccc4ncccc4c3)C2=O)c1.O=C(O)C(F)(F)F. The molecule has 196 valence electrons. The summed E-state index contributed by atoms with van der Waals surface area (Å²) in [5.74, 6) is -3.07. The highest BCUT2D eigenvalue weighted by atomic mass is 32.2. The van der Waals surface area contributed by atoms with Gasteiger partial charge in [0.1, 0.15) is 11.9 Å². The van der Waals surface area contributed by atoms with E-state index in [4.69, 9.17) is 21.0 Å². The van der Waals surface area contributed by atoms with Gasteiger partial charge < -0.3 is 15.7 Å². The molecular formula is C23H22F3N5O5S. The third-order valence-corrected chi connectivity index (χ3v) is 6.80. The summed E-state index contributed by atoms with van der Waals surface area (Å²) in [6, 6.07) is 14.5. The van der Waals surface area contributed by atoms with Crippen LogP contribution in [0, 0.1) is 5.41 Å². The van der Waals surface area contributed by atoms with Crippen molar-refractivity contribution in [1.29, 1.82) is 5.41 Å². The van der Waals surface area contributed by atoms with Gasteiger partial charge >= 0.3 is 12.1 Å². The molecule has 1 aliphatic rings. The van der Waals surface area contributed by atoms with Crippen LogP contribution in [0.1, 0.15) is 17.5 Å². The van der Waals surface area contributed by atoms with Gasteiger partial charge in [0.15, 0.2) is 0 Å². The lowest BCUT2D eigenvalue weighted by molar-refractivity contribution is -0.192. The number of nitrogens with one attached hydrogen (secondary N) is 2. The molecule has 2 aromatic carbocycles. The molecule has 1 atom stereocenters. The molecule has 0 radical (unpaired) electrons. The van der Waals surface area contributed by atoms with E-state index in [1.807, 2.05) is 6.07 Å². The van der Waals surface area contributed by atoms with Crippen LogP contribution in [0.3, 0.4) is 0 Å². The van der Waals surface area contributed by atoms with E-state index in [0.717, 1.165) is 5.56 Å². The number of fused-ring (bicyclic) bond motifs is 1. The fourth-order valence-electron chi connectivity index (χ4n) is 3.54. The lowest BCUT2D eigenvalue weighted by atomic mass is 10.1. The first-order chi connectivity index (χ1) is 17.3. The number of likely N-dealkylation sites (tertiary alicyclic amines) is 1. The fraction of sp³-hybridized carbons (Fsp3) is 0.217. The first-order valence-electron chi connectivity index (χ1n) is 10.7. The Morgan fingerprint density at radius 2 is 1.89 bits per heavy atom. The number of carbonyl (C=O) groups is 2. The molecule has 14 heteroatoms. The Morgan fingerprint density at radius 1 is 1.19 bits per heavy atom. The van der Waals surface area contributed by atoms with Gasteiger partial charge in [0, 0.05) is 30.2 Å². The summed E-state index contributed by atoms with van der Waals surface area (Å²) in [7, 11) is -3.85. The molecule has 0 bridgehead atoms. The summed E-state index contributed by atoms with van der Waals surface area (Å²) in [4.78, 5) is 27.6. The quantitative estimate of drug-likeness (QED) is 0.276. The number of alkyl halides is 3. The van der Waals surface area contributed by atoms with Gasteiger partial charge in [-0.1, -0.05) is 24.3 Å². The minimum Gasteiger partial charge on any atom is -0.475 e. The van der Waals surface area contributed by atoms with E-state index in [9.17, 15) is 26.4 Å². The Kier molecular flexibility index (Phi) is 8.13. The maximum absolute atomic E-state index is 12.8. The number of hydrogen-bond acceptors (Lipinski definition) is 6. The molecule has 5 N–H and O–H groups in total. The number of carboxylic acids is 1. The van der Waals surface area contributed by atoms with Crippen molar-refractivity contribution in [3.8, 4) is 0 Å². The minimum absolute atomic E-state index is 0.0409. The zero-order valence-electron chi connectivity index (χ0n) is 19.1. The van der Waals surface area contributed by atoms with Crippen LogP contribution in [0.5, 0.6) is 0 Å². The van der Waals surface area contributed by atoms with E-state index >= 15 is 0 Å². The first kappa shape index (κ1) is 27.5. The molecule has 1 aliphatic heterocycles. The maximum atomic E-state index is 12.8. The first-order valence-corrected chi connectivity index (χ1v) is 12.2. The number of benzene rings is 2. The summed E-state index contributed by atoms with van der Waals surface area (Å²) in [5, 5.41) is 15.4. The zero-order valence-corrected chi connectivity index (χ0v) is 19.9. The monoisotopic (exact) mass is 537 g/mol. The summed E-state index contributed by atoms with van der Waals surface area (Å²) in [6.45, 7) is 0.776. The Hall–Kier alpha value is -4.04. The van der Waals surface area contributed by atoms with Gasteiger partial charge in [0.05, 0.1) is 10.4 Å². The van der Waals surface area contributed by atoms with Crippen LogP contribution in [0.25, 0.3) is 10.9 Å². The number of amides is 1. The van der Waals surface area contributed by atoms with Crippen LogP contribution < -0.4 is 10.5 Å². The minimum atomic E-state index is -5.08. The number of amidine groups is 1. The van der Waals surface area contributed by atoms with E-state index in [2.05, 4.69) is 9.71 Å². The number of nitrogen functional groups attached to an aromatic ring is 1. The highest BCUT2D eigenvalue weighted by molar-refractivity contribution is 7.89. The number of carboxylic acid groups (broad SMARTS) is 1. The van der Waals surface area contributed by atoms with Gasteiger partial charge in [0.2, 0.25) is 15.9 Å². The molecular weight excluding hydrogens is 515 g/mol. The Labute approximate surface area is 209 Å². The molecule has 2 heterocycles. The zero-order chi connectivity index (χ0) is 27.4. The van der Waals surface area contributed by atoms with Gasteiger partial charge in [-0.25, -0.2) is 13.2 Å². The van der Waals surface area contributed by atoms with E-state index in [0.29, 0.717) is 36.0 Å². The van der Waals surface area contributed by atoms with Crippen LogP contribution in [-0.2, 0) is 26.2 Å². The Balaban J connectivity index is 0.000000479. The number of rotatable bonds is 6. The van der Waals surface area contributed by atoms with Crippen molar-refractivity contribution < 1.29 is 36.3 Å². The van der Waals surface area contributed by atoms with Crippen molar-refractivity contribution >= 4 is 38.6 Å². The number of hydrogen-bond donors (Lipinski definition) is 4. The average molecular weight is 538 g/mol. The van der Waals surface area contributed by atoms with Gasteiger partial charge in [-0.05, 0) is 42.3 Å². The molecule has 3 aromatic rings. The van der Waals surface area contributed by atoms with E-state index < -0.39 is 28.2 Å². The second-order valence-corrected chi connectivity index (χ2v) is 9.71. The number of aromatic nitrogens is 1. The summed E-state index contributed by atoms with van der Waals surface area (Å²) in [6.07, 6.45) is -3.05. The normalized spacial score (nSPS) is 15.8. The van der Waals surface area contributed by atoms with Crippen molar-refractivity contribution in [3.05, 3.63) is 71.9 Å². The van der Waals surface area contributed by atoms with Crippen LogP contribution in [0.15, 0.2) is 65.7 Å². The molecule has 37 heavy (non-hydrogen) atoms. The molecule has 0 unspecified atom stereocenters. The van der Waals surface area contributed by atoms with Gasteiger partial charge in [-0.3, -0.25) is 15.2 Å². The molecule has 0 saturated carbocycles. The van der Waals surface area contributed by atoms with Crippen LogP contribution in [0.4, 0.5) is 13.2 Å². The maximum Gasteiger partial charge on any atom is 0.490 e. The van der Waals surface area contributed by atoms with Crippen LogP contribution in [0.2, 0.25) is 0 Å². The van der Waals surface area contributed by atoms with Gasteiger partial charge in [-0.2, -0.15) is 17.9 Å².